The smallest absolute Gasteiger partial charge is 0.475 e. The lowest BCUT2D eigenvalue weighted by molar-refractivity contribution is -0.192. The van der Waals surface area contributed by atoms with Crippen LogP contribution in [-0.2, 0) is 16.6 Å². The molecular formula is C21H25F3N4O4. The van der Waals surface area contributed by atoms with Gasteiger partial charge in [0.2, 0.25) is 0 Å². The lowest BCUT2D eigenvalue weighted by Gasteiger charge is -2.47. The highest BCUT2D eigenvalue weighted by Gasteiger charge is 2.41. The number of pyridine rings is 1. The first-order valence-corrected chi connectivity index (χ1v) is 10.1. The molecule has 0 aliphatic carbocycles. The van der Waals surface area contributed by atoms with Crippen LogP contribution < -0.4 is 4.90 Å². The minimum Gasteiger partial charge on any atom is -0.475 e. The molecule has 1 spiro atoms. The summed E-state index contributed by atoms with van der Waals surface area (Å²) in [6, 6.07) is 9.80. The molecule has 0 aromatic carbocycles. The number of piperidine rings is 1. The standard InChI is InChI=1S/C19H24N4O2.C2HF3O2/c1-21-10-4-5-16(21)18(24)22-11-7-19(8-12-22)15-23(13-14-25-19)17-6-2-3-9-20-17;3-2(4,5)1(6)7/h2-6,9-10H,7-8,11-15H2,1H3;(H,6,7). The summed E-state index contributed by atoms with van der Waals surface area (Å²) in [5.74, 6) is -1.64. The molecule has 0 radical (unpaired) electrons. The Morgan fingerprint density at radius 2 is 1.81 bits per heavy atom. The van der Waals surface area contributed by atoms with Crippen LogP contribution in [0.1, 0.15) is 23.3 Å². The fraction of sp³-hybridized carbons (Fsp3) is 0.476. The minimum absolute atomic E-state index is 0.111. The van der Waals surface area contributed by atoms with Gasteiger partial charge in [-0.3, -0.25) is 4.79 Å². The third-order valence-electron chi connectivity index (χ3n) is 5.59. The van der Waals surface area contributed by atoms with Crippen LogP contribution in [0.3, 0.4) is 0 Å². The number of hydrogen-bond acceptors (Lipinski definition) is 5. The Bertz CT molecular complexity index is 925. The topological polar surface area (TPSA) is 87.9 Å². The number of aryl methyl sites for hydroxylation is 1. The van der Waals surface area contributed by atoms with E-state index in [0.717, 1.165) is 50.5 Å². The summed E-state index contributed by atoms with van der Waals surface area (Å²) in [6.07, 6.45) is 0.394. The SMILES string of the molecule is Cn1cccc1C(=O)N1CCC2(CC1)CN(c1ccccn1)CCO2.O=C(O)C(F)(F)F. The van der Waals surface area contributed by atoms with Gasteiger partial charge in [0.05, 0.1) is 12.2 Å². The summed E-state index contributed by atoms with van der Waals surface area (Å²) in [7, 11) is 1.91. The highest BCUT2D eigenvalue weighted by Crippen LogP contribution is 2.32. The number of anilines is 1. The number of amides is 1. The molecule has 32 heavy (non-hydrogen) atoms. The van der Waals surface area contributed by atoms with Crippen molar-refractivity contribution in [1.82, 2.24) is 14.5 Å². The average Bonchev–Trinajstić information content (AvgIpc) is 3.20. The molecule has 1 N–H and O–H groups in total. The maximum absolute atomic E-state index is 12.7. The molecule has 1 amide bonds. The number of carbonyl (C=O) groups is 2. The summed E-state index contributed by atoms with van der Waals surface area (Å²) >= 11 is 0. The van der Waals surface area contributed by atoms with Crippen LogP contribution in [0.15, 0.2) is 42.7 Å². The summed E-state index contributed by atoms with van der Waals surface area (Å²) in [5.41, 5.74) is 0.580. The molecule has 4 rings (SSSR count). The number of carboxylic acids is 1. The van der Waals surface area contributed by atoms with Gasteiger partial charge in [0.25, 0.3) is 5.91 Å². The second-order valence-corrected chi connectivity index (χ2v) is 7.74. The van der Waals surface area contributed by atoms with Gasteiger partial charge in [0.15, 0.2) is 0 Å². The van der Waals surface area contributed by atoms with Crippen molar-refractivity contribution in [2.24, 2.45) is 7.05 Å². The Kier molecular flexibility index (Phi) is 7.07. The van der Waals surface area contributed by atoms with Crippen molar-refractivity contribution in [3.05, 3.63) is 48.4 Å². The fourth-order valence-electron chi connectivity index (χ4n) is 3.85. The van der Waals surface area contributed by atoms with E-state index < -0.39 is 12.1 Å². The molecule has 8 nitrogen and oxygen atoms in total. The molecular weight excluding hydrogens is 429 g/mol. The summed E-state index contributed by atoms with van der Waals surface area (Å²) in [6.45, 7) is 3.89. The zero-order valence-electron chi connectivity index (χ0n) is 17.6. The third-order valence-corrected chi connectivity index (χ3v) is 5.59. The van der Waals surface area contributed by atoms with Gasteiger partial charge in [0, 0.05) is 45.6 Å². The monoisotopic (exact) mass is 454 g/mol. The third kappa shape index (κ3) is 5.58. The number of alkyl halides is 3. The van der Waals surface area contributed by atoms with E-state index in [2.05, 4.69) is 9.88 Å². The lowest BCUT2D eigenvalue weighted by Crippen LogP contribution is -2.57. The van der Waals surface area contributed by atoms with Crippen molar-refractivity contribution in [3.8, 4) is 0 Å². The fourth-order valence-corrected chi connectivity index (χ4v) is 3.85. The number of hydrogen-bond donors (Lipinski definition) is 1. The van der Waals surface area contributed by atoms with E-state index >= 15 is 0 Å². The molecule has 11 heteroatoms. The van der Waals surface area contributed by atoms with Gasteiger partial charge >= 0.3 is 12.1 Å². The van der Waals surface area contributed by atoms with Crippen LogP contribution in [0.5, 0.6) is 0 Å². The number of likely N-dealkylation sites (tertiary alicyclic amines) is 1. The Morgan fingerprint density at radius 1 is 1.12 bits per heavy atom. The first-order chi connectivity index (χ1) is 15.1. The second-order valence-electron chi connectivity index (χ2n) is 7.74. The van der Waals surface area contributed by atoms with Crippen molar-refractivity contribution in [3.63, 3.8) is 0 Å². The molecule has 2 aliphatic rings. The number of halogens is 3. The maximum Gasteiger partial charge on any atom is 0.490 e. The summed E-state index contributed by atoms with van der Waals surface area (Å²) < 4.78 is 39.8. The molecule has 0 bridgehead atoms. The Morgan fingerprint density at radius 3 is 2.34 bits per heavy atom. The van der Waals surface area contributed by atoms with E-state index in [1.165, 1.54) is 0 Å². The summed E-state index contributed by atoms with van der Waals surface area (Å²) in [4.78, 5) is 30.3. The number of aromatic nitrogens is 2. The number of morpholine rings is 1. The molecule has 0 atom stereocenters. The Balaban J connectivity index is 0.000000360. The van der Waals surface area contributed by atoms with E-state index in [1.807, 2.05) is 59.2 Å². The van der Waals surface area contributed by atoms with Gasteiger partial charge < -0.3 is 24.2 Å². The van der Waals surface area contributed by atoms with Crippen LogP contribution in [0.2, 0.25) is 0 Å². The number of ether oxygens (including phenoxy) is 1. The van der Waals surface area contributed by atoms with Crippen molar-refractivity contribution in [2.45, 2.75) is 24.6 Å². The highest BCUT2D eigenvalue weighted by atomic mass is 19.4. The van der Waals surface area contributed by atoms with Crippen LogP contribution >= 0.6 is 0 Å². The van der Waals surface area contributed by atoms with Gasteiger partial charge in [-0.05, 0) is 37.1 Å². The van der Waals surface area contributed by atoms with Crippen LogP contribution in [0, 0.1) is 0 Å². The van der Waals surface area contributed by atoms with Crippen molar-refractivity contribution >= 4 is 17.7 Å². The molecule has 4 heterocycles. The van der Waals surface area contributed by atoms with E-state index in [1.54, 1.807) is 0 Å². The Hall–Kier alpha value is -3.08. The van der Waals surface area contributed by atoms with Gasteiger partial charge in [-0.1, -0.05) is 6.07 Å². The molecule has 0 unspecified atom stereocenters. The van der Waals surface area contributed by atoms with Crippen molar-refractivity contribution < 1.29 is 32.6 Å². The van der Waals surface area contributed by atoms with E-state index in [0.29, 0.717) is 6.61 Å². The molecule has 2 fully saturated rings. The lowest BCUT2D eigenvalue weighted by atomic mass is 9.89. The minimum atomic E-state index is -5.08. The van der Waals surface area contributed by atoms with Crippen molar-refractivity contribution in [2.75, 3.05) is 37.7 Å². The highest BCUT2D eigenvalue weighted by molar-refractivity contribution is 5.92. The number of carbonyl (C=O) groups excluding carboxylic acids is 1. The molecule has 2 aromatic heterocycles. The van der Waals surface area contributed by atoms with Crippen LogP contribution in [-0.4, -0.2) is 76.0 Å². The van der Waals surface area contributed by atoms with E-state index in [4.69, 9.17) is 14.6 Å². The number of carboxylic acid groups (broad SMARTS) is 1. The predicted octanol–water partition coefficient (Wildman–Crippen LogP) is 2.56. The summed E-state index contributed by atoms with van der Waals surface area (Å²) in [5, 5.41) is 7.12. The van der Waals surface area contributed by atoms with Crippen LogP contribution in [0.25, 0.3) is 0 Å². The Labute approximate surface area is 183 Å². The number of rotatable bonds is 2. The predicted molar refractivity (Wildman–Crippen MR) is 109 cm³/mol. The van der Waals surface area contributed by atoms with Gasteiger partial charge in [0.1, 0.15) is 11.5 Å². The first-order valence-electron chi connectivity index (χ1n) is 10.1. The molecule has 2 aromatic rings. The van der Waals surface area contributed by atoms with E-state index in [9.17, 15) is 18.0 Å². The van der Waals surface area contributed by atoms with Gasteiger partial charge in [-0.25, -0.2) is 9.78 Å². The van der Waals surface area contributed by atoms with E-state index in [-0.39, 0.29) is 11.5 Å². The molecule has 2 aliphatic heterocycles. The normalized spacial score (nSPS) is 18.1. The second kappa shape index (κ2) is 9.60. The maximum atomic E-state index is 12.7. The largest absolute Gasteiger partial charge is 0.490 e. The zero-order valence-corrected chi connectivity index (χ0v) is 17.6. The molecule has 174 valence electrons. The van der Waals surface area contributed by atoms with Crippen LogP contribution in [0.4, 0.5) is 19.0 Å². The first kappa shape index (κ1) is 23.6. The van der Waals surface area contributed by atoms with Crippen molar-refractivity contribution in [1.29, 1.82) is 0 Å². The quantitative estimate of drug-likeness (QED) is 0.751. The van der Waals surface area contributed by atoms with Gasteiger partial charge in [-0.2, -0.15) is 13.2 Å². The number of nitrogens with zero attached hydrogens (tertiary/aromatic N) is 4. The molecule has 0 saturated carbocycles. The average molecular weight is 454 g/mol. The molecule has 2 saturated heterocycles. The zero-order chi connectivity index (χ0) is 23.4. The van der Waals surface area contributed by atoms with Gasteiger partial charge in [-0.15, -0.1) is 0 Å². The number of aliphatic carboxylic acids is 1.